The molecule has 1 aliphatic rings. The number of aryl methyl sites for hydroxylation is 1. The van der Waals surface area contributed by atoms with Crippen molar-refractivity contribution in [1.29, 1.82) is 0 Å². The average Bonchev–Trinajstić information content (AvgIpc) is 3.52. The summed E-state index contributed by atoms with van der Waals surface area (Å²) in [4.78, 5) is 38.0. The van der Waals surface area contributed by atoms with E-state index in [1.54, 1.807) is 12.3 Å². The number of thiophene rings is 1. The van der Waals surface area contributed by atoms with E-state index in [1.165, 1.54) is 17.7 Å². The number of aromatic nitrogens is 3. The molecule has 5 rings (SSSR count). The predicted molar refractivity (Wildman–Crippen MR) is 121 cm³/mol. The van der Waals surface area contributed by atoms with Crippen LogP contribution in [-0.4, -0.2) is 33.0 Å². The number of nitrogens with zero attached hydrogens (tertiary/aromatic N) is 3. The summed E-state index contributed by atoms with van der Waals surface area (Å²) in [5.41, 5.74) is 2.55. The van der Waals surface area contributed by atoms with Crippen molar-refractivity contribution in [2.24, 2.45) is 0 Å². The highest BCUT2D eigenvalue weighted by molar-refractivity contribution is 7.12. The number of carbonyl (C=O) groups excluding carboxylic acids is 2. The van der Waals surface area contributed by atoms with Gasteiger partial charge >= 0.3 is 6.09 Å². The second-order valence-electron chi connectivity index (χ2n) is 7.42. The minimum Gasteiger partial charge on any atom is -0.439 e. The van der Waals surface area contributed by atoms with Crippen LogP contribution in [0.5, 0.6) is 5.88 Å². The van der Waals surface area contributed by atoms with Gasteiger partial charge in [-0.2, -0.15) is 4.98 Å². The fourth-order valence-electron chi connectivity index (χ4n) is 3.64. The van der Waals surface area contributed by atoms with Gasteiger partial charge < -0.3 is 14.5 Å². The van der Waals surface area contributed by atoms with Gasteiger partial charge in [0.1, 0.15) is 0 Å². The molecule has 2 N–H and O–H groups in total. The number of carbonyl (C=O) groups is 2. The molecular weight excluding hydrogens is 442 g/mol. The van der Waals surface area contributed by atoms with Crippen molar-refractivity contribution in [1.82, 2.24) is 20.3 Å². The molecule has 0 aliphatic heterocycles. The molecule has 3 heterocycles. The van der Waals surface area contributed by atoms with E-state index in [0.29, 0.717) is 29.9 Å². The van der Waals surface area contributed by atoms with Crippen molar-refractivity contribution in [3.8, 4) is 17.2 Å². The Balaban J connectivity index is 1.19. The van der Waals surface area contributed by atoms with Crippen LogP contribution < -0.4 is 15.4 Å². The van der Waals surface area contributed by atoms with Gasteiger partial charge in [-0.1, -0.05) is 36.4 Å². The molecule has 0 bridgehead atoms. The summed E-state index contributed by atoms with van der Waals surface area (Å²) in [6.07, 6.45) is 4.22. The van der Waals surface area contributed by atoms with Crippen LogP contribution in [0.3, 0.4) is 0 Å². The van der Waals surface area contributed by atoms with Crippen LogP contribution in [0.2, 0.25) is 0 Å². The third-order valence-electron chi connectivity index (χ3n) is 5.20. The fraction of sp³-hybridized carbons (Fsp3) is 0.174. The lowest BCUT2D eigenvalue weighted by atomic mass is 9.93. The Bertz CT molecular complexity index is 1270. The lowest BCUT2D eigenvalue weighted by molar-refractivity contribution is 0.102. The van der Waals surface area contributed by atoms with E-state index in [4.69, 9.17) is 9.15 Å². The summed E-state index contributed by atoms with van der Waals surface area (Å²) >= 11 is 1.36. The number of hydrogen-bond acceptors (Lipinski definition) is 8. The van der Waals surface area contributed by atoms with Gasteiger partial charge in [0.2, 0.25) is 5.95 Å². The quantitative estimate of drug-likeness (QED) is 0.459. The molecule has 1 atom stereocenters. The molecule has 0 radical (unpaired) electrons. The van der Waals surface area contributed by atoms with Crippen molar-refractivity contribution in [2.75, 3.05) is 5.32 Å². The minimum absolute atomic E-state index is 0.115. The van der Waals surface area contributed by atoms with E-state index < -0.39 is 6.09 Å². The molecular formula is C23H19N5O4S. The van der Waals surface area contributed by atoms with E-state index in [-0.39, 0.29) is 23.8 Å². The van der Waals surface area contributed by atoms with Crippen LogP contribution >= 0.6 is 11.3 Å². The highest BCUT2D eigenvalue weighted by atomic mass is 32.1. The molecule has 1 aliphatic carbocycles. The molecule has 166 valence electrons. The summed E-state index contributed by atoms with van der Waals surface area (Å²) in [6, 6.07) is 12.7. The number of anilines is 1. The molecule has 0 spiro atoms. The summed E-state index contributed by atoms with van der Waals surface area (Å²) in [5, 5.41) is 7.44. The van der Waals surface area contributed by atoms with Crippen molar-refractivity contribution < 1.29 is 18.7 Å². The maximum absolute atomic E-state index is 12.5. The van der Waals surface area contributed by atoms with Gasteiger partial charge in [0, 0.05) is 23.5 Å². The molecule has 1 aromatic carbocycles. The largest absolute Gasteiger partial charge is 0.439 e. The second kappa shape index (κ2) is 9.21. The third-order valence-corrected chi connectivity index (χ3v) is 6.07. The molecule has 0 fully saturated rings. The van der Waals surface area contributed by atoms with Crippen LogP contribution in [0.4, 0.5) is 10.7 Å². The summed E-state index contributed by atoms with van der Waals surface area (Å²) in [7, 11) is 0. The van der Waals surface area contributed by atoms with Crippen LogP contribution in [-0.2, 0) is 12.8 Å². The predicted octanol–water partition coefficient (Wildman–Crippen LogP) is 4.09. The van der Waals surface area contributed by atoms with Gasteiger partial charge in [0.05, 0.1) is 4.88 Å². The Kier molecular flexibility index (Phi) is 5.81. The van der Waals surface area contributed by atoms with Gasteiger partial charge in [-0.25, -0.2) is 14.8 Å². The standard InChI is InChI=1S/C23H19N5O4S/c29-20(18-7-4-10-33-18)28-22-24-12-15-11-16(8-9-17(15)27-22)26-23(30)32-21-19(31-13-25-21)14-5-2-1-3-6-14/h1-7,10,12-13,16H,8-9,11H2,(H,26,30)(H,24,27,28,29). The highest BCUT2D eigenvalue weighted by Crippen LogP contribution is 2.28. The zero-order valence-corrected chi connectivity index (χ0v) is 18.2. The van der Waals surface area contributed by atoms with E-state index in [2.05, 4.69) is 25.6 Å². The average molecular weight is 462 g/mol. The second-order valence-corrected chi connectivity index (χ2v) is 8.37. The number of nitrogens with one attached hydrogen (secondary N) is 2. The Morgan fingerprint density at radius 3 is 2.82 bits per heavy atom. The molecule has 0 saturated carbocycles. The maximum Gasteiger partial charge on any atom is 0.414 e. The van der Waals surface area contributed by atoms with Gasteiger partial charge in [-0.05, 0) is 36.3 Å². The lowest BCUT2D eigenvalue weighted by Crippen LogP contribution is -2.40. The number of benzene rings is 1. The monoisotopic (exact) mass is 461 g/mol. The van der Waals surface area contributed by atoms with E-state index >= 15 is 0 Å². The van der Waals surface area contributed by atoms with Crippen LogP contribution in [0.15, 0.2) is 64.9 Å². The Morgan fingerprint density at radius 2 is 2.00 bits per heavy atom. The number of ether oxygens (including phenoxy) is 1. The molecule has 10 heteroatoms. The van der Waals surface area contributed by atoms with Gasteiger partial charge in [-0.15, -0.1) is 11.3 Å². The summed E-state index contributed by atoms with van der Waals surface area (Å²) in [5.74, 6) is 0.554. The van der Waals surface area contributed by atoms with Gasteiger partial charge in [0.15, 0.2) is 12.2 Å². The first-order valence-electron chi connectivity index (χ1n) is 10.3. The first-order valence-corrected chi connectivity index (χ1v) is 11.2. The van der Waals surface area contributed by atoms with Crippen molar-refractivity contribution in [3.63, 3.8) is 0 Å². The molecule has 9 nitrogen and oxygen atoms in total. The Morgan fingerprint density at radius 1 is 1.12 bits per heavy atom. The number of fused-ring (bicyclic) bond motifs is 1. The summed E-state index contributed by atoms with van der Waals surface area (Å²) in [6.45, 7) is 0. The molecule has 3 aromatic heterocycles. The lowest BCUT2D eigenvalue weighted by Gasteiger charge is -2.24. The first-order chi connectivity index (χ1) is 16.2. The molecule has 4 aromatic rings. The minimum atomic E-state index is -0.602. The molecule has 33 heavy (non-hydrogen) atoms. The number of amides is 2. The zero-order valence-electron chi connectivity index (χ0n) is 17.4. The smallest absolute Gasteiger partial charge is 0.414 e. The van der Waals surface area contributed by atoms with Crippen molar-refractivity contribution in [2.45, 2.75) is 25.3 Å². The SMILES string of the molecule is O=C(NC1CCc2nc(NC(=O)c3cccs3)ncc2C1)Oc1ncoc1-c1ccccc1. The zero-order chi connectivity index (χ0) is 22.6. The van der Waals surface area contributed by atoms with Crippen LogP contribution in [0.1, 0.15) is 27.3 Å². The normalized spacial score (nSPS) is 14.8. The van der Waals surface area contributed by atoms with E-state index in [1.807, 2.05) is 41.8 Å². The van der Waals surface area contributed by atoms with Crippen LogP contribution in [0, 0.1) is 0 Å². The third kappa shape index (κ3) is 4.75. The molecule has 2 amide bonds. The van der Waals surface area contributed by atoms with E-state index in [0.717, 1.165) is 16.8 Å². The van der Waals surface area contributed by atoms with Gasteiger partial charge in [-0.3, -0.25) is 10.1 Å². The topological polar surface area (TPSA) is 119 Å². The fourth-order valence-corrected chi connectivity index (χ4v) is 4.25. The number of oxazole rings is 1. The van der Waals surface area contributed by atoms with Gasteiger partial charge in [0.25, 0.3) is 11.8 Å². The first kappa shape index (κ1) is 20.8. The van der Waals surface area contributed by atoms with E-state index in [9.17, 15) is 9.59 Å². The highest BCUT2D eigenvalue weighted by Gasteiger charge is 2.24. The summed E-state index contributed by atoms with van der Waals surface area (Å²) < 4.78 is 10.8. The maximum atomic E-state index is 12.5. The number of hydrogen-bond donors (Lipinski definition) is 2. The number of rotatable bonds is 5. The molecule has 0 saturated heterocycles. The Labute approximate surface area is 192 Å². The molecule has 1 unspecified atom stereocenters. The van der Waals surface area contributed by atoms with Crippen molar-refractivity contribution >= 4 is 29.3 Å². The Hall–Kier alpha value is -4.05. The van der Waals surface area contributed by atoms with Crippen molar-refractivity contribution in [3.05, 3.63) is 76.6 Å². The van der Waals surface area contributed by atoms with Crippen LogP contribution in [0.25, 0.3) is 11.3 Å².